The van der Waals surface area contributed by atoms with Crippen molar-refractivity contribution in [2.24, 2.45) is 0 Å². The second-order valence-electron chi connectivity index (χ2n) is 5.66. The normalized spacial score (nSPS) is 15.9. The third-order valence-corrected chi connectivity index (χ3v) is 3.47. The quantitative estimate of drug-likeness (QED) is 0.744. The van der Waals surface area contributed by atoms with Crippen molar-refractivity contribution >= 4 is 17.9 Å². The van der Waals surface area contributed by atoms with E-state index in [1.54, 1.807) is 16.7 Å². The van der Waals surface area contributed by atoms with Crippen molar-refractivity contribution in [2.75, 3.05) is 12.8 Å². The number of carbonyl (C=O) groups is 1. The first kappa shape index (κ1) is 14.2. The second kappa shape index (κ2) is 5.45. The summed E-state index contributed by atoms with van der Waals surface area (Å²) in [4.78, 5) is 13.9. The van der Waals surface area contributed by atoms with E-state index in [-0.39, 0.29) is 6.09 Å². The maximum atomic E-state index is 12.1. The minimum absolute atomic E-state index is 0.243. The molecule has 0 N–H and O–H groups in total. The number of aromatic nitrogens is 2. The van der Waals surface area contributed by atoms with Gasteiger partial charge in [-0.05, 0) is 39.5 Å². The van der Waals surface area contributed by atoms with Crippen molar-refractivity contribution in [3.05, 3.63) is 11.8 Å². The van der Waals surface area contributed by atoms with Gasteiger partial charge in [0.05, 0.1) is 12.2 Å². The summed E-state index contributed by atoms with van der Waals surface area (Å²) in [6.07, 6.45) is 2.67. The van der Waals surface area contributed by atoms with E-state index in [1.165, 1.54) is 0 Å². The van der Waals surface area contributed by atoms with Crippen molar-refractivity contribution in [1.29, 1.82) is 0 Å². The molecule has 19 heavy (non-hydrogen) atoms. The third-order valence-electron chi connectivity index (χ3n) is 2.85. The van der Waals surface area contributed by atoms with E-state index in [4.69, 9.17) is 4.74 Å². The van der Waals surface area contributed by atoms with E-state index >= 15 is 0 Å². The smallest absolute Gasteiger partial charge is 0.410 e. The van der Waals surface area contributed by atoms with Gasteiger partial charge in [0.1, 0.15) is 10.6 Å². The van der Waals surface area contributed by atoms with Gasteiger partial charge < -0.3 is 9.64 Å². The summed E-state index contributed by atoms with van der Waals surface area (Å²) in [6, 6.07) is 2.05. The number of fused-ring (bicyclic) bond motifs is 1. The van der Waals surface area contributed by atoms with E-state index in [9.17, 15) is 4.79 Å². The highest BCUT2D eigenvalue weighted by Gasteiger charge is 2.25. The Bertz CT molecular complexity index is 465. The fourth-order valence-corrected chi connectivity index (χ4v) is 2.45. The minimum atomic E-state index is -0.450. The van der Waals surface area contributed by atoms with Crippen LogP contribution >= 0.6 is 11.8 Å². The SMILES string of the molecule is CSc1cc2n(n1)CCCN(C(=O)OC(C)(C)C)C2. The number of hydrogen-bond acceptors (Lipinski definition) is 4. The standard InChI is InChI=1S/C13H21N3O2S/c1-13(2,3)18-12(17)15-6-5-7-16-10(9-15)8-11(14-16)19-4/h8H,5-7,9H2,1-4H3. The fourth-order valence-electron chi connectivity index (χ4n) is 2.02. The van der Waals surface area contributed by atoms with E-state index in [2.05, 4.69) is 5.10 Å². The molecule has 2 rings (SSSR count). The molecule has 1 aromatic heterocycles. The molecule has 0 saturated carbocycles. The summed E-state index contributed by atoms with van der Waals surface area (Å²) in [5, 5.41) is 5.50. The molecule has 1 amide bonds. The molecule has 5 nitrogen and oxygen atoms in total. The molecule has 0 radical (unpaired) electrons. The van der Waals surface area contributed by atoms with Gasteiger partial charge in [-0.2, -0.15) is 5.10 Å². The Labute approximate surface area is 118 Å². The Morgan fingerprint density at radius 3 is 2.79 bits per heavy atom. The molecule has 0 spiro atoms. The minimum Gasteiger partial charge on any atom is -0.444 e. The van der Waals surface area contributed by atoms with Crippen LogP contribution in [-0.4, -0.2) is 39.2 Å². The first-order valence-electron chi connectivity index (χ1n) is 6.48. The fraction of sp³-hybridized carbons (Fsp3) is 0.692. The van der Waals surface area contributed by atoms with Gasteiger partial charge in [-0.1, -0.05) is 0 Å². The lowest BCUT2D eigenvalue weighted by Crippen LogP contribution is -2.36. The molecule has 1 aliphatic rings. The Morgan fingerprint density at radius 2 is 2.16 bits per heavy atom. The lowest BCUT2D eigenvalue weighted by molar-refractivity contribution is 0.0236. The Kier molecular flexibility index (Phi) is 4.08. The number of rotatable bonds is 1. The highest BCUT2D eigenvalue weighted by Crippen LogP contribution is 2.20. The van der Waals surface area contributed by atoms with Crippen molar-refractivity contribution in [3.63, 3.8) is 0 Å². The Hall–Kier alpha value is -1.17. The summed E-state index contributed by atoms with van der Waals surface area (Å²) in [6.45, 7) is 7.81. The van der Waals surface area contributed by atoms with Crippen LogP contribution in [-0.2, 0) is 17.8 Å². The number of nitrogens with zero attached hydrogens (tertiary/aromatic N) is 3. The van der Waals surface area contributed by atoms with Crippen LogP contribution in [0.15, 0.2) is 11.1 Å². The lowest BCUT2D eigenvalue weighted by atomic mass is 10.2. The molecule has 1 aliphatic heterocycles. The number of hydrogen-bond donors (Lipinski definition) is 0. The van der Waals surface area contributed by atoms with Gasteiger partial charge in [-0.3, -0.25) is 4.68 Å². The van der Waals surface area contributed by atoms with Crippen LogP contribution in [0.1, 0.15) is 32.9 Å². The molecule has 0 aromatic carbocycles. The van der Waals surface area contributed by atoms with Gasteiger partial charge in [0.2, 0.25) is 0 Å². The maximum absolute atomic E-state index is 12.1. The van der Waals surface area contributed by atoms with E-state index < -0.39 is 5.60 Å². The maximum Gasteiger partial charge on any atom is 0.410 e. The molecule has 0 aliphatic carbocycles. The first-order valence-corrected chi connectivity index (χ1v) is 7.70. The van der Waals surface area contributed by atoms with Crippen LogP contribution in [0.5, 0.6) is 0 Å². The van der Waals surface area contributed by atoms with Crippen LogP contribution in [0.25, 0.3) is 0 Å². The number of carbonyl (C=O) groups excluding carboxylic acids is 1. The zero-order chi connectivity index (χ0) is 14.0. The second-order valence-corrected chi connectivity index (χ2v) is 6.48. The predicted molar refractivity (Wildman–Crippen MR) is 75.3 cm³/mol. The topological polar surface area (TPSA) is 47.4 Å². The number of aryl methyl sites for hydroxylation is 1. The van der Waals surface area contributed by atoms with Crippen LogP contribution in [0.4, 0.5) is 4.79 Å². The Morgan fingerprint density at radius 1 is 1.42 bits per heavy atom. The van der Waals surface area contributed by atoms with Crippen LogP contribution in [0, 0.1) is 0 Å². The van der Waals surface area contributed by atoms with Crippen LogP contribution in [0.3, 0.4) is 0 Å². The largest absolute Gasteiger partial charge is 0.444 e. The summed E-state index contributed by atoms with van der Waals surface area (Å²) >= 11 is 1.62. The highest BCUT2D eigenvalue weighted by atomic mass is 32.2. The molecule has 0 atom stereocenters. The third kappa shape index (κ3) is 3.65. The van der Waals surface area contributed by atoms with E-state index in [1.807, 2.05) is 37.8 Å². The summed E-state index contributed by atoms with van der Waals surface area (Å²) in [5.74, 6) is 0. The van der Waals surface area contributed by atoms with Gasteiger partial charge in [-0.15, -0.1) is 11.8 Å². The summed E-state index contributed by atoms with van der Waals surface area (Å²) in [5.41, 5.74) is 0.626. The molecular weight excluding hydrogens is 262 g/mol. The molecule has 1 aromatic rings. The lowest BCUT2D eigenvalue weighted by Gasteiger charge is -2.26. The van der Waals surface area contributed by atoms with Crippen molar-refractivity contribution in [1.82, 2.24) is 14.7 Å². The van der Waals surface area contributed by atoms with Gasteiger partial charge in [0.15, 0.2) is 0 Å². The number of amides is 1. The van der Waals surface area contributed by atoms with Gasteiger partial charge in [-0.25, -0.2) is 4.79 Å². The predicted octanol–water partition coefficient (Wildman–Crippen LogP) is 2.75. The molecule has 106 valence electrons. The highest BCUT2D eigenvalue weighted by molar-refractivity contribution is 7.98. The zero-order valence-electron chi connectivity index (χ0n) is 12.0. The molecule has 0 bridgehead atoms. The monoisotopic (exact) mass is 283 g/mol. The van der Waals surface area contributed by atoms with Crippen molar-refractivity contribution < 1.29 is 9.53 Å². The van der Waals surface area contributed by atoms with Crippen LogP contribution in [0.2, 0.25) is 0 Å². The van der Waals surface area contributed by atoms with Crippen molar-refractivity contribution in [3.8, 4) is 0 Å². The average Bonchev–Trinajstić information content (AvgIpc) is 2.58. The molecule has 0 fully saturated rings. The number of thioether (sulfide) groups is 1. The Balaban J connectivity index is 2.10. The zero-order valence-corrected chi connectivity index (χ0v) is 12.8. The average molecular weight is 283 g/mol. The molecular formula is C13H21N3O2S. The van der Waals surface area contributed by atoms with E-state index in [0.29, 0.717) is 13.1 Å². The molecule has 2 heterocycles. The summed E-state index contributed by atoms with van der Waals surface area (Å²) in [7, 11) is 0. The van der Waals surface area contributed by atoms with Crippen molar-refractivity contribution in [2.45, 2.75) is 50.9 Å². The summed E-state index contributed by atoms with van der Waals surface area (Å²) < 4.78 is 7.43. The first-order chi connectivity index (χ1) is 8.89. The van der Waals surface area contributed by atoms with Gasteiger partial charge >= 0.3 is 6.09 Å². The van der Waals surface area contributed by atoms with E-state index in [0.717, 1.165) is 23.7 Å². The molecule has 0 saturated heterocycles. The molecule has 0 unspecified atom stereocenters. The number of ether oxygens (including phenoxy) is 1. The molecule has 6 heteroatoms. The van der Waals surface area contributed by atoms with Crippen LogP contribution < -0.4 is 0 Å². The van der Waals surface area contributed by atoms with Gasteiger partial charge in [0, 0.05) is 13.1 Å². The van der Waals surface area contributed by atoms with Gasteiger partial charge in [0.25, 0.3) is 0 Å².